The summed E-state index contributed by atoms with van der Waals surface area (Å²) in [6.45, 7) is 8.98. The van der Waals surface area contributed by atoms with Crippen molar-refractivity contribution in [3.63, 3.8) is 0 Å². The van der Waals surface area contributed by atoms with Crippen LogP contribution in [-0.4, -0.2) is 79.4 Å². The summed E-state index contributed by atoms with van der Waals surface area (Å²) >= 11 is 0. The van der Waals surface area contributed by atoms with Gasteiger partial charge < -0.3 is 21.3 Å². The Kier molecular flexibility index (Phi) is 7.97. The molecule has 0 bridgehead atoms. The Morgan fingerprint density at radius 3 is 2.22 bits per heavy atom. The molecule has 132 valence electrons. The van der Waals surface area contributed by atoms with Gasteiger partial charge in [0.1, 0.15) is 0 Å². The maximum Gasteiger partial charge on any atom is 0.242 e. The van der Waals surface area contributed by atoms with Crippen LogP contribution in [0.5, 0.6) is 0 Å². The average molecular weight is 327 g/mol. The van der Waals surface area contributed by atoms with E-state index >= 15 is 0 Å². The van der Waals surface area contributed by atoms with E-state index in [-0.39, 0.29) is 30.2 Å². The van der Waals surface area contributed by atoms with Crippen molar-refractivity contribution in [2.24, 2.45) is 11.7 Å². The maximum absolute atomic E-state index is 12.1. The smallest absolute Gasteiger partial charge is 0.242 e. The van der Waals surface area contributed by atoms with E-state index in [1.54, 1.807) is 4.90 Å². The lowest BCUT2D eigenvalue weighted by atomic mass is 10.1. The molecule has 1 atom stereocenters. The van der Waals surface area contributed by atoms with Gasteiger partial charge in [0.2, 0.25) is 17.7 Å². The highest BCUT2D eigenvalue weighted by Gasteiger charge is 2.23. The summed E-state index contributed by atoms with van der Waals surface area (Å²) in [4.78, 5) is 39.1. The first-order chi connectivity index (χ1) is 10.8. The second kappa shape index (κ2) is 9.46. The fourth-order valence-corrected chi connectivity index (χ4v) is 2.31. The van der Waals surface area contributed by atoms with Crippen LogP contribution in [-0.2, 0) is 14.4 Å². The van der Waals surface area contributed by atoms with Crippen LogP contribution < -0.4 is 16.4 Å². The molecule has 1 aliphatic heterocycles. The average Bonchev–Trinajstić information content (AvgIpc) is 2.52. The summed E-state index contributed by atoms with van der Waals surface area (Å²) in [6, 6.07) is -0.600. The molecule has 1 saturated heterocycles. The van der Waals surface area contributed by atoms with Crippen molar-refractivity contribution in [3.05, 3.63) is 0 Å². The van der Waals surface area contributed by atoms with Gasteiger partial charge in [0.15, 0.2) is 0 Å². The van der Waals surface area contributed by atoms with Crippen molar-refractivity contribution in [2.75, 3.05) is 45.8 Å². The van der Waals surface area contributed by atoms with E-state index in [1.807, 2.05) is 25.7 Å². The van der Waals surface area contributed by atoms with Gasteiger partial charge in [0, 0.05) is 32.7 Å². The number of hydrogen-bond donors (Lipinski definition) is 3. The van der Waals surface area contributed by atoms with Crippen molar-refractivity contribution in [1.29, 1.82) is 0 Å². The van der Waals surface area contributed by atoms with Crippen molar-refractivity contribution >= 4 is 17.7 Å². The fourth-order valence-electron chi connectivity index (χ4n) is 2.31. The number of rotatable bonds is 7. The van der Waals surface area contributed by atoms with Gasteiger partial charge >= 0.3 is 0 Å². The van der Waals surface area contributed by atoms with Gasteiger partial charge in [-0.1, -0.05) is 13.8 Å². The van der Waals surface area contributed by atoms with Crippen molar-refractivity contribution in [2.45, 2.75) is 26.8 Å². The number of carbonyl (C=O) groups is 3. The van der Waals surface area contributed by atoms with Crippen LogP contribution in [0.25, 0.3) is 0 Å². The van der Waals surface area contributed by atoms with Gasteiger partial charge in [-0.15, -0.1) is 0 Å². The van der Waals surface area contributed by atoms with E-state index in [4.69, 9.17) is 5.73 Å². The number of nitrogens with one attached hydrogen (secondary N) is 2. The monoisotopic (exact) mass is 327 g/mol. The van der Waals surface area contributed by atoms with E-state index in [9.17, 15) is 14.4 Å². The van der Waals surface area contributed by atoms with Crippen LogP contribution in [0, 0.1) is 5.92 Å². The molecule has 0 aliphatic carbocycles. The Balaban J connectivity index is 2.30. The van der Waals surface area contributed by atoms with Crippen LogP contribution >= 0.6 is 0 Å². The molecule has 1 rings (SSSR count). The Bertz CT molecular complexity index is 419. The predicted octanol–water partition coefficient (Wildman–Crippen LogP) is -1.63. The third-order valence-corrected chi connectivity index (χ3v) is 3.90. The van der Waals surface area contributed by atoms with E-state index in [2.05, 4.69) is 10.6 Å². The van der Waals surface area contributed by atoms with Gasteiger partial charge in [0.05, 0.1) is 19.1 Å². The van der Waals surface area contributed by atoms with E-state index in [1.165, 1.54) is 0 Å². The molecule has 1 heterocycles. The minimum atomic E-state index is -0.600. The minimum Gasteiger partial charge on any atom is -0.355 e. The van der Waals surface area contributed by atoms with Gasteiger partial charge in [-0.3, -0.25) is 19.3 Å². The molecule has 8 nitrogen and oxygen atoms in total. The lowest BCUT2D eigenvalue weighted by molar-refractivity contribution is -0.135. The molecule has 23 heavy (non-hydrogen) atoms. The topological polar surface area (TPSA) is 108 Å². The lowest BCUT2D eigenvalue weighted by Crippen LogP contribution is -2.54. The second-order valence-corrected chi connectivity index (χ2v) is 6.10. The SMILES string of the molecule is CCNC(=O)CN1CCN(C(=O)CNC(=O)[C@@H](N)C(C)C)CC1. The van der Waals surface area contributed by atoms with E-state index in [0.29, 0.717) is 39.3 Å². The van der Waals surface area contributed by atoms with Crippen molar-refractivity contribution in [3.8, 4) is 0 Å². The summed E-state index contributed by atoms with van der Waals surface area (Å²) in [6.07, 6.45) is 0. The molecule has 0 spiro atoms. The normalized spacial score (nSPS) is 17.0. The van der Waals surface area contributed by atoms with Crippen LogP contribution in [0.4, 0.5) is 0 Å². The summed E-state index contributed by atoms with van der Waals surface area (Å²) in [5, 5.41) is 5.35. The predicted molar refractivity (Wildman–Crippen MR) is 87.5 cm³/mol. The van der Waals surface area contributed by atoms with Gasteiger partial charge in [-0.2, -0.15) is 0 Å². The first-order valence-corrected chi connectivity index (χ1v) is 8.15. The third kappa shape index (κ3) is 6.54. The molecular weight excluding hydrogens is 298 g/mol. The highest BCUT2D eigenvalue weighted by atomic mass is 16.2. The Morgan fingerprint density at radius 1 is 1.09 bits per heavy atom. The Morgan fingerprint density at radius 2 is 1.70 bits per heavy atom. The van der Waals surface area contributed by atoms with Crippen molar-refractivity contribution < 1.29 is 14.4 Å². The van der Waals surface area contributed by atoms with Gasteiger partial charge in [0.25, 0.3) is 0 Å². The van der Waals surface area contributed by atoms with Crippen LogP contribution in [0.15, 0.2) is 0 Å². The molecule has 1 aliphatic rings. The molecule has 0 radical (unpaired) electrons. The molecule has 3 amide bonds. The fraction of sp³-hybridized carbons (Fsp3) is 0.800. The summed E-state index contributed by atoms with van der Waals surface area (Å²) in [5.41, 5.74) is 5.73. The summed E-state index contributed by atoms with van der Waals surface area (Å²) < 4.78 is 0. The maximum atomic E-state index is 12.1. The second-order valence-electron chi connectivity index (χ2n) is 6.10. The third-order valence-electron chi connectivity index (χ3n) is 3.90. The lowest BCUT2D eigenvalue weighted by Gasteiger charge is -2.34. The zero-order chi connectivity index (χ0) is 17.4. The number of nitrogens with two attached hydrogens (primary N) is 1. The molecule has 0 aromatic heterocycles. The van der Waals surface area contributed by atoms with Crippen LogP contribution in [0.1, 0.15) is 20.8 Å². The van der Waals surface area contributed by atoms with E-state index < -0.39 is 6.04 Å². The highest BCUT2D eigenvalue weighted by molar-refractivity contribution is 5.87. The quantitative estimate of drug-likeness (QED) is 0.520. The first-order valence-electron chi connectivity index (χ1n) is 8.15. The minimum absolute atomic E-state index is 0.00205. The zero-order valence-corrected chi connectivity index (χ0v) is 14.3. The number of carbonyl (C=O) groups excluding carboxylic acids is 3. The molecule has 4 N–H and O–H groups in total. The molecule has 0 aromatic carbocycles. The standard InChI is InChI=1S/C15H29N5O3/c1-4-17-12(21)10-19-5-7-20(8-6-19)13(22)9-18-15(23)14(16)11(2)3/h11,14H,4-10,16H2,1-3H3,(H,17,21)(H,18,23)/t14-/m0/s1. The number of likely N-dealkylation sites (N-methyl/N-ethyl adjacent to an activating group) is 1. The van der Waals surface area contributed by atoms with Gasteiger partial charge in [-0.05, 0) is 12.8 Å². The zero-order valence-electron chi connectivity index (χ0n) is 14.3. The van der Waals surface area contributed by atoms with Gasteiger partial charge in [-0.25, -0.2) is 0 Å². The Labute approximate surface area is 137 Å². The molecule has 8 heteroatoms. The molecule has 0 saturated carbocycles. The first kappa shape index (κ1) is 19.4. The number of piperazine rings is 1. The van der Waals surface area contributed by atoms with E-state index in [0.717, 1.165) is 0 Å². The molecule has 0 aromatic rings. The summed E-state index contributed by atoms with van der Waals surface area (Å²) in [5.74, 6) is -0.389. The van der Waals surface area contributed by atoms with Crippen molar-refractivity contribution in [1.82, 2.24) is 20.4 Å². The largest absolute Gasteiger partial charge is 0.355 e. The summed E-state index contributed by atoms with van der Waals surface area (Å²) in [7, 11) is 0. The molecular formula is C15H29N5O3. The molecule has 0 unspecified atom stereocenters. The molecule has 1 fully saturated rings. The number of amides is 3. The van der Waals surface area contributed by atoms with Crippen LogP contribution in [0.3, 0.4) is 0 Å². The number of nitrogens with zero attached hydrogens (tertiary/aromatic N) is 2. The highest BCUT2D eigenvalue weighted by Crippen LogP contribution is 2.02. The van der Waals surface area contributed by atoms with Crippen LogP contribution in [0.2, 0.25) is 0 Å². The number of hydrogen-bond acceptors (Lipinski definition) is 5. The Hall–Kier alpha value is -1.67.